The summed E-state index contributed by atoms with van der Waals surface area (Å²) in [4.78, 5) is 23.0. The molecule has 1 aromatic heterocycles. The molecule has 20 heavy (non-hydrogen) atoms. The third kappa shape index (κ3) is 3.64. The van der Waals surface area contributed by atoms with E-state index in [4.69, 9.17) is 4.42 Å². The van der Waals surface area contributed by atoms with Crippen molar-refractivity contribution in [2.75, 3.05) is 11.9 Å². The molecular weight excluding hydrogens is 260 g/mol. The second kappa shape index (κ2) is 6.46. The predicted molar refractivity (Wildman–Crippen MR) is 71.7 cm³/mol. The maximum atomic E-state index is 11.7. The van der Waals surface area contributed by atoms with E-state index in [1.165, 1.54) is 6.39 Å². The molecule has 0 unspecified atom stereocenters. The summed E-state index contributed by atoms with van der Waals surface area (Å²) in [5.74, 6) is -0.318. The molecule has 0 spiro atoms. The van der Waals surface area contributed by atoms with E-state index in [9.17, 15) is 9.59 Å². The highest BCUT2D eigenvalue weighted by molar-refractivity contribution is 6.03. The first-order valence-electron chi connectivity index (χ1n) is 6.12. The molecule has 2 rings (SSSR count). The van der Waals surface area contributed by atoms with E-state index in [0.29, 0.717) is 23.7 Å². The monoisotopic (exact) mass is 274 g/mol. The lowest BCUT2D eigenvalue weighted by Gasteiger charge is -2.06. The molecule has 104 valence electrons. The average Bonchev–Trinajstić information content (AvgIpc) is 2.92. The first-order chi connectivity index (χ1) is 9.69. The second-order valence-electron chi connectivity index (χ2n) is 4.00. The van der Waals surface area contributed by atoms with E-state index in [2.05, 4.69) is 20.8 Å². The largest absolute Gasteiger partial charge is 0.423 e. The Morgan fingerprint density at radius 2 is 2.15 bits per heavy atom. The van der Waals surface area contributed by atoms with E-state index < -0.39 is 0 Å². The molecule has 0 saturated carbocycles. The topological polar surface area (TPSA) is 97.1 Å². The Kier molecular flexibility index (Phi) is 4.43. The van der Waals surface area contributed by atoms with Crippen molar-refractivity contribution in [2.45, 2.75) is 13.3 Å². The minimum absolute atomic E-state index is 0.210. The number of rotatable bonds is 5. The smallest absolute Gasteiger partial charge is 0.247 e. The lowest BCUT2D eigenvalue weighted by Crippen LogP contribution is -2.27. The number of hydrogen-bond acceptors (Lipinski definition) is 5. The molecule has 2 aromatic rings. The van der Waals surface area contributed by atoms with Crippen LogP contribution in [0.4, 0.5) is 5.69 Å². The van der Waals surface area contributed by atoms with Gasteiger partial charge in [-0.2, -0.15) is 0 Å². The highest BCUT2D eigenvalue weighted by Gasteiger charge is 2.10. The summed E-state index contributed by atoms with van der Waals surface area (Å²) in [6, 6.07) is 6.95. The van der Waals surface area contributed by atoms with E-state index in [-0.39, 0.29) is 18.2 Å². The summed E-state index contributed by atoms with van der Waals surface area (Å²) in [6.07, 6.45) is 1.02. The van der Waals surface area contributed by atoms with Crippen molar-refractivity contribution in [3.63, 3.8) is 0 Å². The van der Waals surface area contributed by atoms with E-state index in [0.717, 1.165) is 0 Å². The molecule has 0 atom stereocenters. The molecule has 2 N–H and O–H groups in total. The minimum atomic E-state index is -0.376. The van der Waals surface area contributed by atoms with Crippen LogP contribution in [0.25, 0.3) is 11.5 Å². The zero-order valence-electron chi connectivity index (χ0n) is 10.9. The van der Waals surface area contributed by atoms with Crippen LogP contribution in [-0.2, 0) is 9.59 Å². The molecule has 0 aliphatic carbocycles. The van der Waals surface area contributed by atoms with Gasteiger partial charge in [-0.15, -0.1) is 10.2 Å². The minimum Gasteiger partial charge on any atom is -0.423 e. The van der Waals surface area contributed by atoms with Crippen LogP contribution in [-0.4, -0.2) is 28.6 Å². The molecule has 0 saturated heterocycles. The van der Waals surface area contributed by atoms with Crippen molar-refractivity contribution in [3.8, 4) is 11.5 Å². The normalized spacial score (nSPS) is 10.1. The molecule has 0 fully saturated rings. The van der Waals surface area contributed by atoms with Crippen LogP contribution in [0.5, 0.6) is 0 Å². The average molecular weight is 274 g/mol. The number of nitrogens with one attached hydrogen (secondary N) is 2. The van der Waals surface area contributed by atoms with Gasteiger partial charge in [0.25, 0.3) is 0 Å². The van der Waals surface area contributed by atoms with Crippen LogP contribution in [0.2, 0.25) is 0 Å². The number of anilines is 1. The molecule has 2 amide bonds. The fourth-order valence-corrected chi connectivity index (χ4v) is 1.64. The van der Waals surface area contributed by atoms with Gasteiger partial charge in [0.05, 0.1) is 0 Å². The van der Waals surface area contributed by atoms with Crippen LogP contribution in [0, 0.1) is 0 Å². The number of benzene rings is 1. The summed E-state index contributed by atoms with van der Waals surface area (Å²) in [5, 5.41) is 12.6. The quantitative estimate of drug-likeness (QED) is 0.798. The first-order valence-corrected chi connectivity index (χ1v) is 6.12. The zero-order chi connectivity index (χ0) is 14.4. The third-order valence-electron chi connectivity index (χ3n) is 2.45. The standard InChI is InChI=1S/C13H14N4O3/c1-2-14-11(18)7-12(19)16-10-5-3-4-9(6-10)13-17-15-8-20-13/h3-6,8H,2,7H2,1H3,(H,14,18)(H,16,19). The van der Waals surface area contributed by atoms with Gasteiger partial charge in [-0.3, -0.25) is 9.59 Å². The lowest BCUT2D eigenvalue weighted by atomic mass is 10.2. The molecule has 0 radical (unpaired) electrons. The van der Waals surface area contributed by atoms with Gasteiger partial charge in [-0.05, 0) is 25.1 Å². The van der Waals surface area contributed by atoms with Crippen molar-refractivity contribution in [2.24, 2.45) is 0 Å². The van der Waals surface area contributed by atoms with Crippen molar-refractivity contribution in [3.05, 3.63) is 30.7 Å². The molecule has 0 bridgehead atoms. The number of nitrogens with zero attached hydrogens (tertiary/aromatic N) is 2. The summed E-state index contributed by atoms with van der Waals surface area (Å²) < 4.78 is 5.08. The summed E-state index contributed by atoms with van der Waals surface area (Å²) in [6.45, 7) is 2.29. The van der Waals surface area contributed by atoms with Crippen LogP contribution >= 0.6 is 0 Å². The molecule has 0 aliphatic heterocycles. The van der Waals surface area contributed by atoms with Crippen LogP contribution in [0.15, 0.2) is 35.1 Å². The van der Waals surface area contributed by atoms with Crippen LogP contribution in [0.3, 0.4) is 0 Å². The predicted octanol–water partition coefficient (Wildman–Crippen LogP) is 1.20. The van der Waals surface area contributed by atoms with E-state index >= 15 is 0 Å². The van der Waals surface area contributed by atoms with Gasteiger partial charge in [0, 0.05) is 17.8 Å². The Labute approximate surface area is 115 Å². The van der Waals surface area contributed by atoms with Crippen molar-refractivity contribution < 1.29 is 14.0 Å². The molecular formula is C13H14N4O3. The Morgan fingerprint density at radius 3 is 2.85 bits per heavy atom. The second-order valence-corrected chi connectivity index (χ2v) is 4.00. The fraction of sp³-hybridized carbons (Fsp3) is 0.231. The third-order valence-corrected chi connectivity index (χ3v) is 2.45. The van der Waals surface area contributed by atoms with Gasteiger partial charge in [-0.1, -0.05) is 6.07 Å². The van der Waals surface area contributed by atoms with Gasteiger partial charge in [0.1, 0.15) is 6.42 Å². The summed E-state index contributed by atoms with van der Waals surface area (Å²) in [5.41, 5.74) is 1.26. The Balaban J connectivity index is 2.01. The van der Waals surface area contributed by atoms with Gasteiger partial charge >= 0.3 is 0 Å². The first kappa shape index (κ1) is 13.7. The molecule has 0 aliphatic rings. The van der Waals surface area contributed by atoms with Crippen LogP contribution < -0.4 is 10.6 Å². The summed E-state index contributed by atoms with van der Waals surface area (Å²) >= 11 is 0. The van der Waals surface area contributed by atoms with Crippen molar-refractivity contribution in [1.29, 1.82) is 0 Å². The number of aromatic nitrogens is 2. The Bertz CT molecular complexity index is 595. The fourth-order valence-electron chi connectivity index (χ4n) is 1.64. The van der Waals surface area contributed by atoms with Crippen LogP contribution in [0.1, 0.15) is 13.3 Å². The highest BCUT2D eigenvalue weighted by Crippen LogP contribution is 2.20. The van der Waals surface area contributed by atoms with Crippen molar-refractivity contribution in [1.82, 2.24) is 15.5 Å². The Morgan fingerprint density at radius 1 is 1.30 bits per heavy atom. The van der Waals surface area contributed by atoms with Gasteiger partial charge in [0.2, 0.25) is 24.1 Å². The number of carbonyl (C=O) groups is 2. The molecule has 1 aromatic carbocycles. The maximum absolute atomic E-state index is 11.7. The molecule has 1 heterocycles. The number of hydrogen-bond donors (Lipinski definition) is 2. The lowest BCUT2D eigenvalue weighted by molar-refractivity contribution is -0.126. The van der Waals surface area contributed by atoms with Gasteiger partial charge in [0.15, 0.2) is 0 Å². The van der Waals surface area contributed by atoms with Gasteiger partial charge in [-0.25, -0.2) is 0 Å². The van der Waals surface area contributed by atoms with E-state index in [1.807, 2.05) is 0 Å². The SMILES string of the molecule is CCNC(=O)CC(=O)Nc1cccc(-c2nnco2)c1. The summed E-state index contributed by atoms with van der Waals surface area (Å²) in [7, 11) is 0. The van der Waals surface area contributed by atoms with Gasteiger partial charge < -0.3 is 15.1 Å². The number of carbonyl (C=O) groups excluding carboxylic acids is 2. The zero-order valence-corrected chi connectivity index (χ0v) is 10.9. The number of amides is 2. The maximum Gasteiger partial charge on any atom is 0.247 e. The highest BCUT2D eigenvalue weighted by atomic mass is 16.4. The van der Waals surface area contributed by atoms with E-state index in [1.54, 1.807) is 31.2 Å². The Hall–Kier alpha value is -2.70. The molecule has 7 heteroatoms. The molecule has 7 nitrogen and oxygen atoms in total. The van der Waals surface area contributed by atoms with Crippen molar-refractivity contribution >= 4 is 17.5 Å².